The van der Waals surface area contributed by atoms with Crippen LogP contribution in [0.25, 0.3) is 0 Å². The Morgan fingerprint density at radius 2 is 1.68 bits per heavy atom. The largest absolute Gasteiger partial charge is 0.497 e. The third-order valence-corrected chi connectivity index (χ3v) is 7.08. The maximum atomic E-state index is 12.9. The van der Waals surface area contributed by atoms with Crippen LogP contribution >= 0.6 is 0 Å². The number of rotatable bonds is 4. The standard InChI is InChI=1S/C18H26N2O4S/c1-24-16-7-9-17(10-8-16)25(22,23)20-12-4-11-19(13-14-20)18(21)15-5-2-3-6-15/h7-10,15H,2-6,11-14H2,1H3. The lowest BCUT2D eigenvalue weighted by molar-refractivity contribution is -0.135. The lowest BCUT2D eigenvalue weighted by atomic mass is 10.1. The average molecular weight is 366 g/mol. The fourth-order valence-electron chi connectivity index (χ4n) is 3.68. The van der Waals surface area contributed by atoms with Gasteiger partial charge in [-0.05, 0) is 43.5 Å². The molecule has 7 heteroatoms. The molecular weight excluding hydrogens is 340 g/mol. The van der Waals surface area contributed by atoms with Crippen molar-refractivity contribution in [3.8, 4) is 5.75 Å². The summed E-state index contributed by atoms with van der Waals surface area (Å²) in [5, 5.41) is 0. The number of hydrogen-bond acceptors (Lipinski definition) is 4. The van der Waals surface area contributed by atoms with E-state index < -0.39 is 10.0 Å². The number of nitrogens with zero attached hydrogens (tertiary/aromatic N) is 2. The number of benzene rings is 1. The number of carbonyl (C=O) groups excluding carboxylic acids is 1. The first kappa shape index (κ1) is 18.2. The fourth-order valence-corrected chi connectivity index (χ4v) is 5.15. The van der Waals surface area contributed by atoms with Crippen LogP contribution in [0.1, 0.15) is 32.1 Å². The molecule has 6 nitrogen and oxygen atoms in total. The van der Waals surface area contributed by atoms with Crippen molar-refractivity contribution in [2.24, 2.45) is 5.92 Å². The summed E-state index contributed by atoms with van der Waals surface area (Å²) in [4.78, 5) is 14.7. The smallest absolute Gasteiger partial charge is 0.243 e. The molecule has 0 bridgehead atoms. The highest BCUT2D eigenvalue weighted by atomic mass is 32.2. The van der Waals surface area contributed by atoms with Crippen molar-refractivity contribution in [2.45, 2.75) is 37.0 Å². The molecule has 138 valence electrons. The van der Waals surface area contributed by atoms with Gasteiger partial charge in [0.15, 0.2) is 0 Å². The Bertz CT molecular complexity index is 696. The molecule has 1 saturated carbocycles. The van der Waals surface area contributed by atoms with Gasteiger partial charge in [-0.15, -0.1) is 0 Å². The SMILES string of the molecule is COc1ccc(S(=O)(=O)N2CCCN(C(=O)C3CCCC3)CC2)cc1. The van der Waals surface area contributed by atoms with Crippen LogP contribution in [0, 0.1) is 5.92 Å². The molecule has 1 aromatic carbocycles. The van der Waals surface area contributed by atoms with E-state index in [1.54, 1.807) is 31.4 Å². The van der Waals surface area contributed by atoms with Gasteiger partial charge < -0.3 is 9.64 Å². The van der Waals surface area contributed by atoms with Gasteiger partial charge in [-0.3, -0.25) is 4.79 Å². The zero-order valence-corrected chi connectivity index (χ0v) is 15.5. The summed E-state index contributed by atoms with van der Waals surface area (Å²) in [7, 11) is -1.99. The lowest BCUT2D eigenvalue weighted by Gasteiger charge is -2.24. The van der Waals surface area contributed by atoms with E-state index in [0.717, 1.165) is 25.7 Å². The molecule has 2 aliphatic rings. The topological polar surface area (TPSA) is 66.9 Å². The van der Waals surface area contributed by atoms with Gasteiger partial charge in [0.25, 0.3) is 0 Å². The maximum Gasteiger partial charge on any atom is 0.243 e. The summed E-state index contributed by atoms with van der Waals surface area (Å²) in [6.45, 7) is 1.92. The molecule has 0 atom stereocenters. The van der Waals surface area contributed by atoms with Gasteiger partial charge in [0, 0.05) is 32.1 Å². The Hall–Kier alpha value is -1.60. The highest BCUT2D eigenvalue weighted by Gasteiger charge is 2.31. The Labute approximate surface area is 149 Å². The summed E-state index contributed by atoms with van der Waals surface area (Å²) in [5.41, 5.74) is 0. The van der Waals surface area contributed by atoms with Crippen molar-refractivity contribution in [3.05, 3.63) is 24.3 Å². The molecule has 0 N–H and O–H groups in total. The summed E-state index contributed by atoms with van der Waals surface area (Å²) < 4.78 is 32.3. The van der Waals surface area contributed by atoms with E-state index in [2.05, 4.69) is 0 Å². The second-order valence-electron chi connectivity index (χ2n) is 6.74. The van der Waals surface area contributed by atoms with Gasteiger partial charge in [0.2, 0.25) is 15.9 Å². The van der Waals surface area contributed by atoms with Crippen molar-refractivity contribution in [3.63, 3.8) is 0 Å². The second kappa shape index (κ2) is 7.74. The lowest BCUT2D eigenvalue weighted by Crippen LogP contribution is -2.39. The molecule has 25 heavy (non-hydrogen) atoms. The van der Waals surface area contributed by atoms with Crippen LogP contribution in [0.15, 0.2) is 29.2 Å². The predicted octanol–water partition coefficient (Wildman–Crippen LogP) is 2.11. The van der Waals surface area contributed by atoms with Crippen LogP contribution < -0.4 is 4.74 Å². The molecule has 1 amide bonds. The number of ether oxygens (including phenoxy) is 1. The molecule has 3 rings (SSSR count). The van der Waals surface area contributed by atoms with Crippen LogP contribution in [-0.4, -0.2) is 56.8 Å². The number of sulfonamides is 1. The Morgan fingerprint density at radius 3 is 2.32 bits per heavy atom. The summed E-state index contributed by atoms with van der Waals surface area (Å²) in [6.07, 6.45) is 4.88. The first-order valence-corrected chi connectivity index (χ1v) is 10.4. The molecular formula is C18H26N2O4S. The third-order valence-electron chi connectivity index (χ3n) is 5.17. The normalized spacial score (nSPS) is 20.4. The quantitative estimate of drug-likeness (QED) is 0.819. The van der Waals surface area contributed by atoms with Crippen molar-refractivity contribution in [2.75, 3.05) is 33.3 Å². The Morgan fingerprint density at radius 1 is 1.00 bits per heavy atom. The van der Waals surface area contributed by atoms with E-state index in [4.69, 9.17) is 4.74 Å². The fraction of sp³-hybridized carbons (Fsp3) is 0.611. The highest BCUT2D eigenvalue weighted by molar-refractivity contribution is 7.89. The van der Waals surface area contributed by atoms with Crippen LogP contribution in [0.2, 0.25) is 0 Å². The first-order valence-electron chi connectivity index (χ1n) is 8.95. The van der Waals surface area contributed by atoms with E-state index in [-0.39, 0.29) is 16.7 Å². The van der Waals surface area contributed by atoms with Gasteiger partial charge >= 0.3 is 0 Å². The number of amides is 1. The van der Waals surface area contributed by atoms with Crippen LogP contribution in [0.4, 0.5) is 0 Å². The van der Waals surface area contributed by atoms with Gasteiger partial charge in [-0.1, -0.05) is 12.8 Å². The van der Waals surface area contributed by atoms with Gasteiger partial charge in [-0.2, -0.15) is 4.31 Å². The molecule has 1 saturated heterocycles. The van der Waals surface area contributed by atoms with Crippen LogP contribution in [-0.2, 0) is 14.8 Å². The minimum absolute atomic E-state index is 0.143. The molecule has 0 spiro atoms. The minimum atomic E-state index is -3.54. The van der Waals surface area contributed by atoms with E-state index in [9.17, 15) is 13.2 Å². The predicted molar refractivity (Wildman–Crippen MR) is 94.9 cm³/mol. The zero-order valence-electron chi connectivity index (χ0n) is 14.7. The molecule has 2 fully saturated rings. The third kappa shape index (κ3) is 3.98. The number of carbonyl (C=O) groups is 1. The van der Waals surface area contributed by atoms with Crippen molar-refractivity contribution < 1.29 is 17.9 Å². The second-order valence-corrected chi connectivity index (χ2v) is 8.68. The summed E-state index contributed by atoms with van der Waals surface area (Å²) in [5.74, 6) is 0.981. The van der Waals surface area contributed by atoms with Crippen molar-refractivity contribution >= 4 is 15.9 Å². The van der Waals surface area contributed by atoms with Crippen LogP contribution in [0.3, 0.4) is 0 Å². The van der Waals surface area contributed by atoms with E-state index >= 15 is 0 Å². The molecule has 0 unspecified atom stereocenters. The van der Waals surface area contributed by atoms with E-state index in [1.807, 2.05) is 4.90 Å². The molecule has 1 aromatic rings. The Balaban J connectivity index is 1.67. The zero-order chi connectivity index (χ0) is 17.9. The Kier molecular flexibility index (Phi) is 5.64. The maximum absolute atomic E-state index is 12.9. The number of methoxy groups -OCH3 is 1. The van der Waals surface area contributed by atoms with Gasteiger partial charge in [0.05, 0.1) is 12.0 Å². The molecule has 1 aliphatic heterocycles. The van der Waals surface area contributed by atoms with E-state index in [1.165, 1.54) is 4.31 Å². The molecule has 1 aliphatic carbocycles. The average Bonchev–Trinajstić information content (AvgIpc) is 3.05. The van der Waals surface area contributed by atoms with Gasteiger partial charge in [-0.25, -0.2) is 8.42 Å². The van der Waals surface area contributed by atoms with Crippen molar-refractivity contribution in [1.82, 2.24) is 9.21 Å². The van der Waals surface area contributed by atoms with Crippen molar-refractivity contribution in [1.29, 1.82) is 0 Å². The minimum Gasteiger partial charge on any atom is -0.497 e. The highest BCUT2D eigenvalue weighted by Crippen LogP contribution is 2.27. The van der Waals surface area contributed by atoms with Crippen LogP contribution in [0.5, 0.6) is 5.75 Å². The first-order chi connectivity index (χ1) is 12.0. The molecule has 0 aromatic heterocycles. The molecule has 1 heterocycles. The van der Waals surface area contributed by atoms with E-state index in [0.29, 0.717) is 38.3 Å². The van der Waals surface area contributed by atoms with Gasteiger partial charge in [0.1, 0.15) is 5.75 Å². The monoisotopic (exact) mass is 366 g/mol. The number of hydrogen-bond donors (Lipinski definition) is 0. The molecule has 0 radical (unpaired) electrons. The summed E-state index contributed by atoms with van der Waals surface area (Å²) >= 11 is 0. The summed E-state index contributed by atoms with van der Waals surface area (Å²) in [6, 6.07) is 6.45.